The summed E-state index contributed by atoms with van der Waals surface area (Å²) >= 11 is 0. The third-order valence-corrected chi connectivity index (χ3v) is 12.3. The monoisotopic (exact) mass is 858 g/mol. The summed E-state index contributed by atoms with van der Waals surface area (Å²) in [5.74, 6) is -0.704. The standard InChI is InChI=1S/C49H95NO10/c1-3-5-7-9-11-13-15-17-19-20-21-22-23-25-26-28-30-32-34-36-41(52)44(54)40(39-59-49-47(57)46(56)45(55)43(38-51)60-49)50-48(58)42(53)37-35-33-31-29-27-24-18-16-14-12-10-8-6-4-2/h28,30,40-47,49,51-57H,3-27,29,31-39H2,1-2H3,(H,50,58)/b30-28+. The van der Waals surface area contributed by atoms with Gasteiger partial charge in [-0.3, -0.25) is 4.79 Å². The van der Waals surface area contributed by atoms with Crippen molar-refractivity contribution in [3.63, 3.8) is 0 Å². The molecule has 0 aromatic rings. The van der Waals surface area contributed by atoms with Crippen molar-refractivity contribution in [3.8, 4) is 0 Å². The van der Waals surface area contributed by atoms with Gasteiger partial charge >= 0.3 is 0 Å². The highest BCUT2D eigenvalue weighted by Crippen LogP contribution is 2.23. The summed E-state index contributed by atoms with van der Waals surface area (Å²) in [4.78, 5) is 13.1. The lowest BCUT2D eigenvalue weighted by molar-refractivity contribution is -0.303. The van der Waals surface area contributed by atoms with Crippen molar-refractivity contribution in [1.82, 2.24) is 5.32 Å². The SMILES string of the molecule is CCCCCCCCCCCCCCCC/C=C/CCCC(O)C(O)C(COC1OC(CO)C(O)C(O)C1O)NC(=O)C(O)CCCCCCCCCCCCCCCC. The molecule has 0 aromatic carbocycles. The van der Waals surface area contributed by atoms with Gasteiger partial charge in [-0.1, -0.05) is 199 Å². The van der Waals surface area contributed by atoms with Gasteiger partial charge in [-0.25, -0.2) is 0 Å². The van der Waals surface area contributed by atoms with E-state index in [1.807, 2.05) is 0 Å². The number of hydrogen-bond donors (Lipinski definition) is 8. The Labute approximate surface area is 366 Å². The quantitative estimate of drug-likeness (QED) is 0.0218. The molecule has 1 aliphatic heterocycles. The van der Waals surface area contributed by atoms with E-state index in [9.17, 15) is 40.5 Å². The predicted octanol–water partition coefficient (Wildman–Crippen LogP) is 8.84. The van der Waals surface area contributed by atoms with Crippen LogP contribution < -0.4 is 5.32 Å². The second-order valence-electron chi connectivity index (χ2n) is 17.9. The van der Waals surface area contributed by atoms with Crippen LogP contribution in [0.4, 0.5) is 0 Å². The zero-order chi connectivity index (χ0) is 44.1. The molecule has 0 spiro atoms. The van der Waals surface area contributed by atoms with Crippen LogP contribution in [0, 0.1) is 0 Å². The van der Waals surface area contributed by atoms with Crippen LogP contribution in [-0.2, 0) is 14.3 Å². The Morgan fingerprint density at radius 2 is 0.983 bits per heavy atom. The number of amides is 1. The van der Waals surface area contributed by atoms with Crippen molar-refractivity contribution < 1.29 is 50.0 Å². The van der Waals surface area contributed by atoms with Crippen LogP contribution in [-0.4, -0.2) is 110 Å². The molecule has 9 atom stereocenters. The van der Waals surface area contributed by atoms with Crippen LogP contribution in [0.3, 0.4) is 0 Å². The van der Waals surface area contributed by atoms with Crippen molar-refractivity contribution in [2.75, 3.05) is 13.2 Å². The lowest BCUT2D eigenvalue weighted by atomic mass is 9.98. The Kier molecular flexibility index (Phi) is 37.4. The Morgan fingerprint density at radius 1 is 0.567 bits per heavy atom. The number of rotatable bonds is 42. The highest BCUT2D eigenvalue weighted by Gasteiger charge is 2.44. The number of unbranched alkanes of at least 4 members (excludes halogenated alkanes) is 28. The van der Waals surface area contributed by atoms with Gasteiger partial charge < -0.3 is 50.5 Å². The van der Waals surface area contributed by atoms with E-state index in [0.717, 1.165) is 38.5 Å². The van der Waals surface area contributed by atoms with E-state index in [1.54, 1.807) is 0 Å². The average Bonchev–Trinajstić information content (AvgIpc) is 3.25. The summed E-state index contributed by atoms with van der Waals surface area (Å²) in [5.41, 5.74) is 0. The van der Waals surface area contributed by atoms with Crippen molar-refractivity contribution in [1.29, 1.82) is 0 Å². The number of carbonyl (C=O) groups is 1. The van der Waals surface area contributed by atoms with Gasteiger partial charge in [0, 0.05) is 0 Å². The van der Waals surface area contributed by atoms with Crippen LogP contribution >= 0.6 is 0 Å². The van der Waals surface area contributed by atoms with Gasteiger partial charge in [-0.05, 0) is 38.5 Å². The number of hydrogen-bond acceptors (Lipinski definition) is 10. The Bertz CT molecular complexity index is 986. The van der Waals surface area contributed by atoms with Crippen molar-refractivity contribution in [3.05, 3.63) is 12.2 Å². The first-order chi connectivity index (χ1) is 29.2. The van der Waals surface area contributed by atoms with Gasteiger partial charge in [0.2, 0.25) is 5.91 Å². The lowest BCUT2D eigenvalue weighted by Gasteiger charge is -2.40. The normalized spacial score (nSPS) is 21.6. The van der Waals surface area contributed by atoms with Gasteiger partial charge in [-0.15, -0.1) is 0 Å². The van der Waals surface area contributed by atoms with Crippen LogP contribution in [0.2, 0.25) is 0 Å². The van der Waals surface area contributed by atoms with E-state index in [2.05, 4.69) is 31.3 Å². The Hall–Kier alpha value is -1.15. The molecule has 1 fully saturated rings. The second kappa shape index (κ2) is 39.4. The molecule has 9 unspecified atom stereocenters. The number of carbonyl (C=O) groups excluding carboxylic acids is 1. The molecule has 1 amide bonds. The zero-order valence-corrected chi connectivity index (χ0v) is 38.5. The molecule has 0 bridgehead atoms. The van der Waals surface area contributed by atoms with Crippen molar-refractivity contribution >= 4 is 5.91 Å². The molecule has 0 radical (unpaired) electrons. The fraction of sp³-hybridized carbons (Fsp3) is 0.939. The van der Waals surface area contributed by atoms with E-state index in [4.69, 9.17) is 9.47 Å². The first kappa shape index (κ1) is 56.9. The lowest BCUT2D eigenvalue weighted by Crippen LogP contribution is -2.60. The van der Waals surface area contributed by atoms with Crippen LogP contribution in [0.1, 0.15) is 226 Å². The second-order valence-corrected chi connectivity index (χ2v) is 17.9. The molecule has 356 valence electrons. The van der Waals surface area contributed by atoms with Gasteiger partial charge in [0.25, 0.3) is 0 Å². The van der Waals surface area contributed by atoms with E-state index < -0.39 is 74.2 Å². The average molecular weight is 858 g/mol. The van der Waals surface area contributed by atoms with Gasteiger partial charge in [0.1, 0.15) is 36.6 Å². The van der Waals surface area contributed by atoms with Crippen molar-refractivity contribution in [2.45, 2.75) is 281 Å². The molecule has 0 saturated carbocycles. The summed E-state index contributed by atoms with van der Waals surface area (Å²) in [6.07, 6.45) is 31.2. The topological polar surface area (TPSA) is 189 Å². The number of ether oxygens (including phenoxy) is 2. The van der Waals surface area contributed by atoms with E-state index in [1.165, 1.54) is 148 Å². The minimum atomic E-state index is -1.66. The maximum atomic E-state index is 13.1. The summed E-state index contributed by atoms with van der Waals surface area (Å²) in [7, 11) is 0. The molecule has 8 N–H and O–H groups in total. The first-order valence-corrected chi connectivity index (χ1v) is 25.1. The number of aliphatic hydroxyl groups is 7. The molecule has 0 aliphatic carbocycles. The fourth-order valence-corrected chi connectivity index (χ4v) is 8.15. The Morgan fingerprint density at radius 3 is 1.43 bits per heavy atom. The molecule has 11 heteroatoms. The highest BCUT2D eigenvalue weighted by molar-refractivity contribution is 5.80. The molecule has 1 rings (SSSR count). The molecule has 60 heavy (non-hydrogen) atoms. The molecule has 11 nitrogen and oxygen atoms in total. The third-order valence-electron chi connectivity index (χ3n) is 12.3. The predicted molar refractivity (Wildman–Crippen MR) is 243 cm³/mol. The molecule has 1 heterocycles. The fourth-order valence-electron chi connectivity index (χ4n) is 8.15. The smallest absolute Gasteiger partial charge is 0.249 e. The molecular weight excluding hydrogens is 763 g/mol. The minimum Gasteiger partial charge on any atom is -0.394 e. The molecule has 0 aromatic heterocycles. The van der Waals surface area contributed by atoms with Gasteiger partial charge in [0.05, 0.1) is 25.4 Å². The van der Waals surface area contributed by atoms with E-state index >= 15 is 0 Å². The summed E-state index contributed by atoms with van der Waals surface area (Å²) in [6.45, 7) is 3.44. The van der Waals surface area contributed by atoms with Crippen LogP contribution in [0.15, 0.2) is 12.2 Å². The molecule has 1 saturated heterocycles. The zero-order valence-electron chi connectivity index (χ0n) is 38.5. The molecular formula is C49H95NO10. The largest absolute Gasteiger partial charge is 0.394 e. The number of nitrogens with one attached hydrogen (secondary N) is 1. The third kappa shape index (κ3) is 28.5. The highest BCUT2D eigenvalue weighted by atomic mass is 16.7. The number of allylic oxidation sites excluding steroid dienone is 2. The maximum Gasteiger partial charge on any atom is 0.249 e. The van der Waals surface area contributed by atoms with Gasteiger partial charge in [-0.2, -0.15) is 0 Å². The van der Waals surface area contributed by atoms with Crippen LogP contribution in [0.25, 0.3) is 0 Å². The summed E-state index contributed by atoms with van der Waals surface area (Å²) in [5, 5.41) is 75.8. The minimum absolute atomic E-state index is 0.258. The van der Waals surface area contributed by atoms with Gasteiger partial charge in [0.15, 0.2) is 6.29 Å². The van der Waals surface area contributed by atoms with E-state index in [-0.39, 0.29) is 12.8 Å². The van der Waals surface area contributed by atoms with E-state index in [0.29, 0.717) is 12.8 Å². The summed E-state index contributed by atoms with van der Waals surface area (Å²) in [6, 6.07) is -1.18. The number of aliphatic hydroxyl groups excluding tert-OH is 7. The van der Waals surface area contributed by atoms with Crippen molar-refractivity contribution in [2.24, 2.45) is 0 Å². The summed E-state index contributed by atoms with van der Waals surface area (Å²) < 4.78 is 11.1. The molecule has 1 aliphatic rings. The van der Waals surface area contributed by atoms with Crippen LogP contribution in [0.5, 0.6) is 0 Å². The maximum absolute atomic E-state index is 13.1. The Balaban J connectivity index is 2.42. The first-order valence-electron chi connectivity index (χ1n) is 25.1.